The van der Waals surface area contributed by atoms with Gasteiger partial charge in [0.15, 0.2) is 0 Å². The minimum absolute atomic E-state index is 0.147. The number of carbonyl (C=O) groups is 2. The molecule has 0 aromatic rings. The Morgan fingerprint density at radius 2 is 1.41 bits per heavy atom. The number of hydrogen-bond acceptors (Lipinski definition) is 4. The van der Waals surface area contributed by atoms with Gasteiger partial charge in [-0.15, -0.1) is 0 Å². The number of fused-ring (bicyclic) bond motifs is 2. The zero-order chi connectivity index (χ0) is 12.4. The van der Waals surface area contributed by atoms with E-state index in [-0.39, 0.29) is 35.6 Å². The first-order valence-electron chi connectivity index (χ1n) is 6.20. The predicted molar refractivity (Wildman–Crippen MR) is 61.0 cm³/mol. The van der Waals surface area contributed by atoms with Gasteiger partial charge in [0, 0.05) is 0 Å². The fraction of sp³-hybridized carbons (Fsp3) is 0.692. The molecular formula is C13H18O4. The third-order valence-corrected chi connectivity index (χ3v) is 3.58. The lowest BCUT2D eigenvalue weighted by Crippen LogP contribution is -2.35. The standard InChI is InChI=1S/C13H18O4/c1-3-16-12(14)10-8-5-6-9(7-8)11(10)13(15)17-4-2/h5-6,8-11H,3-4,7H2,1-2H3/t8-,9+,10-,11-/m1/s1. The van der Waals surface area contributed by atoms with E-state index in [9.17, 15) is 9.59 Å². The lowest BCUT2D eigenvalue weighted by molar-refractivity contribution is -0.160. The minimum atomic E-state index is -0.344. The molecule has 0 spiro atoms. The van der Waals surface area contributed by atoms with Crippen molar-refractivity contribution in [1.82, 2.24) is 0 Å². The number of esters is 2. The molecule has 0 saturated heterocycles. The number of ether oxygens (including phenoxy) is 2. The zero-order valence-electron chi connectivity index (χ0n) is 10.2. The van der Waals surface area contributed by atoms with Crippen molar-refractivity contribution < 1.29 is 19.1 Å². The van der Waals surface area contributed by atoms with E-state index in [1.807, 2.05) is 12.2 Å². The van der Waals surface area contributed by atoms with Gasteiger partial charge < -0.3 is 9.47 Å². The van der Waals surface area contributed by atoms with E-state index in [0.29, 0.717) is 13.2 Å². The quantitative estimate of drug-likeness (QED) is 0.551. The normalized spacial score (nSPS) is 33.8. The van der Waals surface area contributed by atoms with E-state index in [1.54, 1.807) is 13.8 Å². The van der Waals surface area contributed by atoms with E-state index >= 15 is 0 Å². The average molecular weight is 238 g/mol. The van der Waals surface area contributed by atoms with Crippen LogP contribution < -0.4 is 0 Å². The van der Waals surface area contributed by atoms with E-state index in [0.717, 1.165) is 6.42 Å². The van der Waals surface area contributed by atoms with E-state index in [2.05, 4.69) is 0 Å². The van der Waals surface area contributed by atoms with Gasteiger partial charge in [0.1, 0.15) is 0 Å². The van der Waals surface area contributed by atoms with Gasteiger partial charge in [-0.1, -0.05) is 12.2 Å². The fourth-order valence-corrected chi connectivity index (χ4v) is 2.94. The molecule has 2 rings (SSSR count). The van der Waals surface area contributed by atoms with Crippen molar-refractivity contribution >= 4 is 11.9 Å². The second kappa shape index (κ2) is 4.90. The van der Waals surface area contributed by atoms with E-state index in [1.165, 1.54) is 0 Å². The summed E-state index contributed by atoms with van der Waals surface area (Å²) in [6, 6.07) is 0. The predicted octanol–water partition coefficient (Wildman–Crippen LogP) is 1.55. The molecule has 1 fully saturated rings. The SMILES string of the molecule is CCOC(=O)[C@H]1[C@H](C(=O)OCC)[C@H]2C=C[C@@H]1C2. The number of carbonyl (C=O) groups excluding carboxylic acids is 2. The molecule has 17 heavy (non-hydrogen) atoms. The van der Waals surface area contributed by atoms with Crippen LogP contribution in [0.3, 0.4) is 0 Å². The smallest absolute Gasteiger partial charge is 0.310 e. The lowest BCUT2D eigenvalue weighted by Gasteiger charge is -2.24. The Hall–Kier alpha value is -1.32. The Bertz CT molecular complexity index is 315. The summed E-state index contributed by atoms with van der Waals surface area (Å²) in [5.74, 6) is -0.917. The first-order chi connectivity index (χ1) is 8.19. The molecule has 1 saturated carbocycles. The second-order valence-corrected chi connectivity index (χ2v) is 4.50. The van der Waals surface area contributed by atoms with Crippen LogP contribution in [0.5, 0.6) is 0 Å². The minimum Gasteiger partial charge on any atom is -0.466 e. The van der Waals surface area contributed by atoms with Crippen LogP contribution in [-0.4, -0.2) is 25.2 Å². The highest BCUT2D eigenvalue weighted by Crippen LogP contribution is 2.48. The molecule has 2 bridgehead atoms. The van der Waals surface area contributed by atoms with Crippen molar-refractivity contribution in [3.05, 3.63) is 12.2 Å². The largest absolute Gasteiger partial charge is 0.466 e. The second-order valence-electron chi connectivity index (χ2n) is 4.50. The van der Waals surface area contributed by atoms with Gasteiger partial charge >= 0.3 is 11.9 Å². The van der Waals surface area contributed by atoms with Gasteiger partial charge in [-0.25, -0.2) is 0 Å². The Balaban J connectivity index is 2.14. The number of rotatable bonds is 4. The molecule has 4 atom stereocenters. The Morgan fingerprint density at radius 1 is 1.00 bits per heavy atom. The molecule has 0 unspecified atom stereocenters. The van der Waals surface area contributed by atoms with Gasteiger partial charge in [-0.05, 0) is 32.1 Å². The molecule has 0 heterocycles. The van der Waals surface area contributed by atoms with Crippen LogP contribution in [0.2, 0.25) is 0 Å². The Kier molecular flexibility index (Phi) is 3.50. The summed E-state index contributed by atoms with van der Waals surface area (Å²) in [4.78, 5) is 23.8. The summed E-state index contributed by atoms with van der Waals surface area (Å²) in [5, 5.41) is 0. The number of hydrogen-bond donors (Lipinski definition) is 0. The van der Waals surface area contributed by atoms with Crippen LogP contribution in [-0.2, 0) is 19.1 Å². The lowest BCUT2D eigenvalue weighted by atomic mass is 9.83. The Morgan fingerprint density at radius 3 is 1.76 bits per heavy atom. The molecule has 0 radical (unpaired) electrons. The van der Waals surface area contributed by atoms with Gasteiger partial charge in [0.05, 0.1) is 25.0 Å². The maximum Gasteiger partial charge on any atom is 0.310 e. The van der Waals surface area contributed by atoms with Crippen molar-refractivity contribution in [1.29, 1.82) is 0 Å². The van der Waals surface area contributed by atoms with Crippen LogP contribution in [0.4, 0.5) is 0 Å². The summed E-state index contributed by atoms with van der Waals surface area (Å²) in [5.41, 5.74) is 0. The molecule has 0 aliphatic heterocycles. The molecule has 0 aromatic heterocycles. The zero-order valence-corrected chi connectivity index (χ0v) is 10.2. The van der Waals surface area contributed by atoms with Crippen LogP contribution in [0.1, 0.15) is 20.3 Å². The first-order valence-corrected chi connectivity index (χ1v) is 6.20. The molecular weight excluding hydrogens is 220 g/mol. The number of allylic oxidation sites excluding steroid dienone is 2. The highest BCUT2D eigenvalue weighted by molar-refractivity contribution is 5.84. The topological polar surface area (TPSA) is 52.6 Å². The molecule has 0 N–H and O–H groups in total. The maximum absolute atomic E-state index is 11.9. The monoisotopic (exact) mass is 238 g/mol. The van der Waals surface area contributed by atoms with Crippen molar-refractivity contribution in [3.8, 4) is 0 Å². The third kappa shape index (κ3) is 2.08. The van der Waals surface area contributed by atoms with Crippen LogP contribution in [0, 0.1) is 23.7 Å². The molecule has 2 aliphatic carbocycles. The first kappa shape index (κ1) is 12.1. The van der Waals surface area contributed by atoms with Crippen molar-refractivity contribution in [2.24, 2.45) is 23.7 Å². The van der Waals surface area contributed by atoms with E-state index in [4.69, 9.17) is 9.47 Å². The van der Waals surface area contributed by atoms with Gasteiger partial charge in [0.2, 0.25) is 0 Å². The summed E-state index contributed by atoms with van der Waals surface area (Å²) in [7, 11) is 0. The molecule has 4 nitrogen and oxygen atoms in total. The molecule has 4 heteroatoms. The fourth-order valence-electron chi connectivity index (χ4n) is 2.94. The summed E-state index contributed by atoms with van der Waals surface area (Å²) >= 11 is 0. The van der Waals surface area contributed by atoms with Gasteiger partial charge in [0.25, 0.3) is 0 Å². The summed E-state index contributed by atoms with van der Waals surface area (Å²) in [6.45, 7) is 4.26. The highest BCUT2D eigenvalue weighted by Gasteiger charge is 2.52. The van der Waals surface area contributed by atoms with Crippen LogP contribution in [0.15, 0.2) is 12.2 Å². The third-order valence-electron chi connectivity index (χ3n) is 3.58. The van der Waals surface area contributed by atoms with E-state index < -0.39 is 0 Å². The van der Waals surface area contributed by atoms with Crippen molar-refractivity contribution in [2.75, 3.05) is 13.2 Å². The average Bonchev–Trinajstić information content (AvgIpc) is 2.89. The molecule has 2 aliphatic rings. The Labute approximate surface area is 101 Å². The maximum atomic E-state index is 11.9. The summed E-state index contributed by atoms with van der Waals surface area (Å²) in [6.07, 6.45) is 4.93. The van der Waals surface area contributed by atoms with Crippen LogP contribution >= 0.6 is 0 Å². The molecule has 94 valence electrons. The van der Waals surface area contributed by atoms with Crippen molar-refractivity contribution in [2.45, 2.75) is 20.3 Å². The molecule has 0 aromatic carbocycles. The highest BCUT2D eigenvalue weighted by atomic mass is 16.5. The summed E-state index contributed by atoms with van der Waals surface area (Å²) < 4.78 is 10.1. The van der Waals surface area contributed by atoms with Crippen molar-refractivity contribution in [3.63, 3.8) is 0 Å². The van der Waals surface area contributed by atoms with Gasteiger partial charge in [-0.3, -0.25) is 9.59 Å². The van der Waals surface area contributed by atoms with Crippen LogP contribution in [0.25, 0.3) is 0 Å². The van der Waals surface area contributed by atoms with Gasteiger partial charge in [-0.2, -0.15) is 0 Å². The molecule has 0 amide bonds.